The SMILES string of the molecule is CCCS(=O)(=O)NC(c1nccn1C)C(C)C. The van der Waals surface area contributed by atoms with Crippen LogP contribution in [0.5, 0.6) is 0 Å². The summed E-state index contributed by atoms with van der Waals surface area (Å²) in [6, 6.07) is -0.272. The minimum Gasteiger partial charge on any atom is -0.337 e. The lowest BCUT2D eigenvalue weighted by atomic mass is 10.1. The van der Waals surface area contributed by atoms with Gasteiger partial charge in [-0.15, -0.1) is 0 Å². The molecular formula is C11H21N3O2S. The van der Waals surface area contributed by atoms with Crippen LogP contribution in [0.4, 0.5) is 0 Å². The lowest BCUT2D eigenvalue weighted by Crippen LogP contribution is -2.34. The molecule has 17 heavy (non-hydrogen) atoms. The van der Waals surface area contributed by atoms with Gasteiger partial charge in [-0.25, -0.2) is 18.1 Å². The van der Waals surface area contributed by atoms with Crippen molar-refractivity contribution in [1.82, 2.24) is 14.3 Å². The number of sulfonamides is 1. The molecule has 98 valence electrons. The zero-order valence-corrected chi connectivity index (χ0v) is 11.7. The van der Waals surface area contributed by atoms with Gasteiger partial charge < -0.3 is 4.57 Å². The Hall–Kier alpha value is -0.880. The highest BCUT2D eigenvalue weighted by Gasteiger charge is 2.24. The third-order valence-electron chi connectivity index (χ3n) is 2.58. The summed E-state index contributed by atoms with van der Waals surface area (Å²) in [6.45, 7) is 5.81. The molecule has 0 aliphatic heterocycles. The molecule has 5 nitrogen and oxygen atoms in total. The highest BCUT2D eigenvalue weighted by Crippen LogP contribution is 2.20. The zero-order chi connectivity index (χ0) is 13.1. The quantitative estimate of drug-likeness (QED) is 0.841. The number of aryl methyl sites for hydroxylation is 1. The smallest absolute Gasteiger partial charge is 0.212 e. The molecule has 0 saturated heterocycles. The Kier molecular flexibility index (Phi) is 4.70. The lowest BCUT2D eigenvalue weighted by Gasteiger charge is -2.21. The van der Waals surface area contributed by atoms with Crippen LogP contribution in [0.1, 0.15) is 39.1 Å². The summed E-state index contributed by atoms with van der Waals surface area (Å²) in [5, 5.41) is 0. The predicted octanol–water partition coefficient (Wildman–Crippen LogP) is 1.45. The summed E-state index contributed by atoms with van der Waals surface area (Å²) >= 11 is 0. The first-order valence-electron chi connectivity index (χ1n) is 5.84. The number of nitrogens with one attached hydrogen (secondary N) is 1. The lowest BCUT2D eigenvalue weighted by molar-refractivity contribution is 0.434. The number of nitrogens with zero attached hydrogens (tertiary/aromatic N) is 2. The molecule has 1 unspecified atom stereocenters. The third-order valence-corrected chi connectivity index (χ3v) is 4.14. The fourth-order valence-corrected chi connectivity index (χ4v) is 3.10. The molecule has 0 fully saturated rings. The van der Waals surface area contributed by atoms with Crippen LogP contribution >= 0.6 is 0 Å². The van der Waals surface area contributed by atoms with Crippen LogP contribution < -0.4 is 4.72 Å². The van der Waals surface area contributed by atoms with Gasteiger partial charge in [0.1, 0.15) is 5.82 Å². The van der Waals surface area contributed by atoms with Gasteiger partial charge in [-0.05, 0) is 12.3 Å². The molecule has 1 rings (SSSR count). The Morgan fingerprint density at radius 2 is 2.12 bits per heavy atom. The Labute approximate surface area is 103 Å². The topological polar surface area (TPSA) is 64.0 Å². The number of hydrogen-bond donors (Lipinski definition) is 1. The Balaban J connectivity index is 2.93. The minimum absolute atomic E-state index is 0.153. The van der Waals surface area contributed by atoms with Crippen LogP contribution in [0.25, 0.3) is 0 Å². The van der Waals surface area contributed by atoms with Crippen molar-refractivity contribution in [2.24, 2.45) is 13.0 Å². The predicted molar refractivity (Wildman–Crippen MR) is 68.0 cm³/mol. The van der Waals surface area contributed by atoms with E-state index in [4.69, 9.17) is 0 Å². The normalized spacial score (nSPS) is 14.2. The average molecular weight is 259 g/mol. The summed E-state index contributed by atoms with van der Waals surface area (Å²) in [4.78, 5) is 4.22. The summed E-state index contributed by atoms with van der Waals surface area (Å²) in [7, 11) is -1.36. The molecule has 0 aliphatic rings. The number of imidazole rings is 1. The molecule has 6 heteroatoms. The van der Waals surface area contributed by atoms with Crippen LogP contribution in [-0.2, 0) is 17.1 Å². The first-order valence-corrected chi connectivity index (χ1v) is 7.50. The van der Waals surface area contributed by atoms with Crippen molar-refractivity contribution in [3.63, 3.8) is 0 Å². The van der Waals surface area contributed by atoms with E-state index < -0.39 is 10.0 Å². The Bertz CT molecular complexity index is 451. The molecule has 1 N–H and O–H groups in total. The van der Waals surface area contributed by atoms with E-state index in [1.807, 2.05) is 38.6 Å². The van der Waals surface area contributed by atoms with Crippen LogP contribution in [0.15, 0.2) is 12.4 Å². The molecule has 0 amide bonds. The second-order valence-corrected chi connectivity index (χ2v) is 6.43. The molecule has 0 radical (unpaired) electrons. The number of hydrogen-bond acceptors (Lipinski definition) is 3. The molecule has 0 aromatic carbocycles. The zero-order valence-electron chi connectivity index (χ0n) is 10.8. The largest absolute Gasteiger partial charge is 0.337 e. The van der Waals surface area contributed by atoms with Gasteiger partial charge in [0.2, 0.25) is 10.0 Å². The van der Waals surface area contributed by atoms with E-state index in [1.165, 1.54) is 0 Å². The Morgan fingerprint density at radius 1 is 1.47 bits per heavy atom. The van der Waals surface area contributed by atoms with Gasteiger partial charge in [-0.1, -0.05) is 20.8 Å². The summed E-state index contributed by atoms with van der Waals surface area (Å²) in [5.74, 6) is 1.06. The van der Waals surface area contributed by atoms with Crippen LogP contribution in [-0.4, -0.2) is 23.7 Å². The summed E-state index contributed by atoms with van der Waals surface area (Å²) in [5.41, 5.74) is 0. The van der Waals surface area contributed by atoms with Gasteiger partial charge >= 0.3 is 0 Å². The maximum Gasteiger partial charge on any atom is 0.212 e. The van der Waals surface area contributed by atoms with Crippen molar-refractivity contribution in [2.75, 3.05) is 5.75 Å². The molecule has 1 atom stereocenters. The maximum atomic E-state index is 11.8. The fourth-order valence-electron chi connectivity index (χ4n) is 1.68. The van der Waals surface area contributed by atoms with Crippen LogP contribution in [0.3, 0.4) is 0 Å². The van der Waals surface area contributed by atoms with Crippen molar-refractivity contribution in [3.05, 3.63) is 18.2 Å². The molecule has 0 saturated carbocycles. The van der Waals surface area contributed by atoms with Gasteiger partial charge in [-0.2, -0.15) is 0 Å². The van der Waals surface area contributed by atoms with E-state index in [2.05, 4.69) is 9.71 Å². The number of rotatable bonds is 6. The third kappa shape index (κ3) is 3.81. The first-order chi connectivity index (χ1) is 7.87. The van der Waals surface area contributed by atoms with E-state index in [1.54, 1.807) is 6.20 Å². The second kappa shape index (κ2) is 5.64. The van der Waals surface area contributed by atoms with E-state index in [0.29, 0.717) is 6.42 Å². The fraction of sp³-hybridized carbons (Fsp3) is 0.727. The van der Waals surface area contributed by atoms with Crippen molar-refractivity contribution in [1.29, 1.82) is 0 Å². The maximum absolute atomic E-state index is 11.8. The molecule has 1 aromatic heterocycles. The molecule has 1 heterocycles. The monoisotopic (exact) mass is 259 g/mol. The average Bonchev–Trinajstić information content (AvgIpc) is 2.60. The van der Waals surface area contributed by atoms with Gasteiger partial charge in [0, 0.05) is 19.4 Å². The first kappa shape index (κ1) is 14.2. The van der Waals surface area contributed by atoms with Crippen molar-refractivity contribution in [2.45, 2.75) is 33.2 Å². The summed E-state index contributed by atoms with van der Waals surface area (Å²) < 4.78 is 28.2. The van der Waals surface area contributed by atoms with Gasteiger partial charge in [0.15, 0.2) is 0 Å². The number of aromatic nitrogens is 2. The van der Waals surface area contributed by atoms with Gasteiger partial charge in [0.05, 0.1) is 11.8 Å². The van der Waals surface area contributed by atoms with E-state index in [0.717, 1.165) is 5.82 Å². The van der Waals surface area contributed by atoms with Crippen LogP contribution in [0.2, 0.25) is 0 Å². The van der Waals surface area contributed by atoms with E-state index in [9.17, 15) is 8.42 Å². The highest BCUT2D eigenvalue weighted by molar-refractivity contribution is 7.89. The molecular weight excluding hydrogens is 238 g/mol. The summed E-state index contributed by atoms with van der Waals surface area (Å²) in [6.07, 6.45) is 4.11. The standard InChI is InChI=1S/C11H21N3O2S/c1-5-8-17(15,16)13-10(9(2)3)11-12-6-7-14(11)4/h6-7,9-10,13H,5,8H2,1-4H3. The molecule has 0 aliphatic carbocycles. The van der Waals surface area contributed by atoms with Gasteiger partial charge in [0.25, 0.3) is 0 Å². The minimum atomic E-state index is -3.22. The van der Waals surface area contributed by atoms with Crippen LogP contribution in [0, 0.1) is 5.92 Å². The molecule has 0 bridgehead atoms. The van der Waals surface area contributed by atoms with E-state index in [-0.39, 0.29) is 17.7 Å². The van der Waals surface area contributed by atoms with Crippen molar-refractivity contribution >= 4 is 10.0 Å². The highest BCUT2D eigenvalue weighted by atomic mass is 32.2. The van der Waals surface area contributed by atoms with Gasteiger partial charge in [-0.3, -0.25) is 0 Å². The molecule has 0 spiro atoms. The van der Waals surface area contributed by atoms with Crippen molar-refractivity contribution in [3.8, 4) is 0 Å². The molecule has 1 aromatic rings. The second-order valence-electron chi connectivity index (χ2n) is 4.55. The van der Waals surface area contributed by atoms with Crippen molar-refractivity contribution < 1.29 is 8.42 Å². The Morgan fingerprint density at radius 3 is 2.53 bits per heavy atom. The van der Waals surface area contributed by atoms with E-state index >= 15 is 0 Å².